The molecule has 0 aliphatic carbocycles. The Morgan fingerprint density at radius 2 is 1.93 bits per heavy atom. The van der Waals surface area contributed by atoms with E-state index in [1.807, 2.05) is 0 Å². The van der Waals surface area contributed by atoms with Crippen LogP contribution in [-0.2, 0) is 0 Å². The monoisotopic (exact) mass is 206 g/mol. The van der Waals surface area contributed by atoms with Gasteiger partial charge >= 0.3 is 0 Å². The van der Waals surface area contributed by atoms with Crippen LogP contribution in [0.2, 0.25) is 0 Å². The summed E-state index contributed by atoms with van der Waals surface area (Å²) in [4.78, 5) is 10.7. The zero-order valence-corrected chi connectivity index (χ0v) is 7.78. The second-order valence-electron chi connectivity index (χ2n) is 3.25. The van der Waals surface area contributed by atoms with Crippen LogP contribution in [0.1, 0.15) is 22.3 Å². The minimum Gasteiger partial charge on any atom is -0.298 e. The Bertz CT molecular complexity index is 506. The van der Waals surface area contributed by atoms with Gasteiger partial charge in [0.15, 0.2) is 6.29 Å². The molecule has 0 amide bonds. The number of halogens is 2. The smallest absolute Gasteiger partial charge is 0.263 e. The molecule has 0 saturated carbocycles. The molecule has 0 N–H and O–H groups in total. The van der Waals surface area contributed by atoms with Crippen LogP contribution in [0.15, 0.2) is 36.4 Å². The third-order valence-corrected chi connectivity index (χ3v) is 2.32. The van der Waals surface area contributed by atoms with Gasteiger partial charge in [0.25, 0.3) is 6.43 Å². The van der Waals surface area contributed by atoms with Gasteiger partial charge in [-0.2, -0.15) is 0 Å². The topological polar surface area (TPSA) is 17.1 Å². The van der Waals surface area contributed by atoms with Gasteiger partial charge < -0.3 is 0 Å². The molecule has 0 unspecified atom stereocenters. The van der Waals surface area contributed by atoms with Crippen LogP contribution in [0.3, 0.4) is 0 Å². The number of rotatable bonds is 2. The summed E-state index contributed by atoms with van der Waals surface area (Å²) in [5, 5.41) is 1.37. The summed E-state index contributed by atoms with van der Waals surface area (Å²) >= 11 is 0. The molecule has 15 heavy (non-hydrogen) atoms. The minimum atomic E-state index is -2.51. The third kappa shape index (κ3) is 1.73. The summed E-state index contributed by atoms with van der Waals surface area (Å²) in [5.74, 6) is 0. The first-order chi connectivity index (χ1) is 7.22. The van der Waals surface area contributed by atoms with E-state index in [1.54, 1.807) is 24.3 Å². The molecule has 3 heteroatoms. The maximum absolute atomic E-state index is 12.4. The van der Waals surface area contributed by atoms with Crippen LogP contribution in [0.25, 0.3) is 10.8 Å². The van der Waals surface area contributed by atoms with Crippen LogP contribution in [0.5, 0.6) is 0 Å². The fourth-order valence-corrected chi connectivity index (χ4v) is 1.55. The summed E-state index contributed by atoms with van der Waals surface area (Å²) in [7, 11) is 0. The molecule has 0 aliphatic rings. The molecular weight excluding hydrogens is 198 g/mol. The van der Waals surface area contributed by atoms with E-state index in [4.69, 9.17) is 0 Å². The van der Waals surface area contributed by atoms with E-state index < -0.39 is 6.43 Å². The molecule has 2 aromatic carbocycles. The highest BCUT2D eigenvalue weighted by molar-refractivity contribution is 5.98. The summed E-state index contributed by atoms with van der Waals surface area (Å²) in [6.07, 6.45) is -1.83. The van der Waals surface area contributed by atoms with Crippen molar-refractivity contribution in [3.05, 3.63) is 47.5 Å². The molecular formula is C12H8F2O. The number of carbonyl (C=O) groups is 1. The average molecular weight is 206 g/mol. The van der Waals surface area contributed by atoms with E-state index in [-0.39, 0.29) is 5.56 Å². The van der Waals surface area contributed by atoms with Crippen molar-refractivity contribution in [1.29, 1.82) is 0 Å². The van der Waals surface area contributed by atoms with Gasteiger partial charge in [-0.25, -0.2) is 8.78 Å². The maximum Gasteiger partial charge on any atom is 0.263 e. The first-order valence-corrected chi connectivity index (χ1v) is 4.48. The Morgan fingerprint density at radius 1 is 1.13 bits per heavy atom. The lowest BCUT2D eigenvalue weighted by atomic mass is 10.0. The van der Waals surface area contributed by atoms with Gasteiger partial charge in [-0.05, 0) is 16.8 Å². The van der Waals surface area contributed by atoms with E-state index in [2.05, 4.69) is 0 Å². The molecule has 0 bridgehead atoms. The molecule has 0 heterocycles. The van der Waals surface area contributed by atoms with Gasteiger partial charge in [-0.1, -0.05) is 30.3 Å². The molecule has 2 aromatic rings. The van der Waals surface area contributed by atoms with Gasteiger partial charge in [0, 0.05) is 11.1 Å². The van der Waals surface area contributed by atoms with Crippen molar-refractivity contribution in [3.8, 4) is 0 Å². The molecule has 0 spiro atoms. The van der Waals surface area contributed by atoms with E-state index in [1.165, 1.54) is 12.1 Å². The third-order valence-electron chi connectivity index (χ3n) is 2.32. The summed E-state index contributed by atoms with van der Waals surface area (Å²) in [6.45, 7) is 0. The Morgan fingerprint density at radius 3 is 2.60 bits per heavy atom. The minimum absolute atomic E-state index is 0.0585. The number of aldehydes is 1. The van der Waals surface area contributed by atoms with Crippen molar-refractivity contribution in [2.24, 2.45) is 0 Å². The zero-order valence-electron chi connectivity index (χ0n) is 7.78. The number of benzene rings is 2. The predicted octanol–water partition coefficient (Wildman–Crippen LogP) is 3.59. The van der Waals surface area contributed by atoms with Crippen LogP contribution in [0, 0.1) is 0 Å². The van der Waals surface area contributed by atoms with E-state index in [0.29, 0.717) is 17.2 Å². The lowest BCUT2D eigenvalue weighted by Gasteiger charge is -2.04. The first kappa shape index (κ1) is 9.77. The van der Waals surface area contributed by atoms with Gasteiger partial charge in [0.1, 0.15) is 0 Å². The highest BCUT2D eigenvalue weighted by atomic mass is 19.3. The Labute approximate surface area is 85.3 Å². The zero-order chi connectivity index (χ0) is 10.8. The SMILES string of the molecule is O=Cc1cccc2ccc(C(F)F)cc12. The lowest BCUT2D eigenvalue weighted by Crippen LogP contribution is -1.87. The quantitative estimate of drug-likeness (QED) is 0.686. The molecule has 0 radical (unpaired) electrons. The van der Waals surface area contributed by atoms with Crippen LogP contribution < -0.4 is 0 Å². The summed E-state index contributed by atoms with van der Waals surface area (Å²) in [5.41, 5.74) is 0.381. The molecule has 0 atom stereocenters. The Hall–Kier alpha value is -1.77. The van der Waals surface area contributed by atoms with Crippen molar-refractivity contribution in [2.75, 3.05) is 0 Å². The maximum atomic E-state index is 12.4. The van der Waals surface area contributed by atoms with E-state index in [9.17, 15) is 13.6 Å². The fourth-order valence-electron chi connectivity index (χ4n) is 1.55. The van der Waals surface area contributed by atoms with Crippen LogP contribution in [-0.4, -0.2) is 6.29 Å². The Balaban J connectivity index is 2.72. The second-order valence-corrected chi connectivity index (χ2v) is 3.25. The molecule has 0 saturated heterocycles. The predicted molar refractivity (Wildman–Crippen MR) is 54.3 cm³/mol. The van der Waals surface area contributed by atoms with Gasteiger partial charge in [-0.15, -0.1) is 0 Å². The largest absolute Gasteiger partial charge is 0.298 e. The van der Waals surface area contributed by atoms with Crippen molar-refractivity contribution in [1.82, 2.24) is 0 Å². The molecule has 1 nitrogen and oxygen atoms in total. The van der Waals surface area contributed by atoms with Crippen LogP contribution in [0.4, 0.5) is 8.78 Å². The standard InChI is InChI=1S/C12H8F2O/c13-12(14)9-5-4-8-2-1-3-10(7-15)11(8)6-9/h1-7,12H. The highest BCUT2D eigenvalue weighted by Gasteiger charge is 2.08. The number of hydrogen-bond donors (Lipinski definition) is 0. The van der Waals surface area contributed by atoms with E-state index >= 15 is 0 Å². The van der Waals surface area contributed by atoms with E-state index in [0.717, 1.165) is 5.39 Å². The van der Waals surface area contributed by atoms with Crippen molar-refractivity contribution in [2.45, 2.75) is 6.43 Å². The summed E-state index contributed by atoms with van der Waals surface area (Å²) in [6, 6.07) is 9.48. The molecule has 76 valence electrons. The number of carbonyl (C=O) groups excluding carboxylic acids is 1. The molecule has 0 aliphatic heterocycles. The van der Waals surface area contributed by atoms with Crippen molar-refractivity contribution < 1.29 is 13.6 Å². The number of fused-ring (bicyclic) bond motifs is 1. The highest BCUT2D eigenvalue weighted by Crippen LogP contribution is 2.25. The van der Waals surface area contributed by atoms with Gasteiger partial charge in [0.05, 0.1) is 0 Å². The fraction of sp³-hybridized carbons (Fsp3) is 0.0833. The van der Waals surface area contributed by atoms with Crippen molar-refractivity contribution >= 4 is 17.1 Å². The lowest BCUT2D eigenvalue weighted by molar-refractivity contribution is 0.112. The van der Waals surface area contributed by atoms with Crippen LogP contribution >= 0.6 is 0 Å². The van der Waals surface area contributed by atoms with Gasteiger partial charge in [0.2, 0.25) is 0 Å². The molecule has 2 rings (SSSR count). The normalized spacial score (nSPS) is 10.9. The van der Waals surface area contributed by atoms with Gasteiger partial charge in [-0.3, -0.25) is 4.79 Å². The number of hydrogen-bond acceptors (Lipinski definition) is 1. The summed E-state index contributed by atoms with van der Waals surface area (Å²) < 4.78 is 24.9. The molecule has 0 aromatic heterocycles. The van der Waals surface area contributed by atoms with Crippen molar-refractivity contribution in [3.63, 3.8) is 0 Å². The average Bonchev–Trinajstić information content (AvgIpc) is 2.27. The Kier molecular flexibility index (Phi) is 2.46. The molecule has 0 fully saturated rings. The number of alkyl halides is 2. The first-order valence-electron chi connectivity index (χ1n) is 4.48. The second kappa shape index (κ2) is 3.77.